The molecule has 1 heterocycles. The number of hydrogen-bond acceptors (Lipinski definition) is 6. The number of benzene rings is 2. The molecule has 1 aliphatic heterocycles. The number of allylic oxidation sites excluding steroid dienone is 1. The molecule has 7 nitrogen and oxygen atoms in total. The van der Waals surface area contributed by atoms with Gasteiger partial charge < -0.3 is 19.9 Å². The van der Waals surface area contributed by atoms with Gasteiger partial charge >= 0.3 is 0 Å². The van der Waals surface area contributed by atoms with E-state index in [9.17, 15) is 14.4 Å². The highest BCUT2D eigenvalue weighted by Gasteiger charge is 2.12. The highest BCUT2D eigenvalue weighted by molar-refractivity contribution is 5.97. The molecule has 0 saturated heterocycles. The van der Waals surface area contributed by atoms with Crippen molar-refractivity contribution < 1.29 is 29.0 Å². The van der Waals surface area contributed by atoms with E-state index in [-0.39, 0.29) is 37.1 Å². The number of carbonyl (C=O) groups excluding carboxylic acids is 3. The normalized spacial score (nSPS) is 12.2. The molecule has 150 valence electrons. The van der Waals surface area contributed by atoms with Gasteiger partial charge in [0.2, 0.25) is 12.7 Å². The van der Waals surface area contributed by atoms with Crippen LogP contribution >= 0.6 is 0 Å². The van der Waals surface area contributed by atoms with Crippen LogP contribution < -0.4 is 14.8 Å². The van der Waals surface area contributed by atoms with Crippen LogP contribution in [0.1, 0.15) is 34.3 Å². The molecule has 1 aliphatic rings. The van der Waals surface area contributed by atoms with E-state index >= 15 is 0 Å². The van der Waals surface area contributed by atoms with Gasteiger partial charge in [0.05, 0.1) is 0 Å². The predicted octanol–water partition coefficient (Wildman–Crippen LogP) is 2.27. The van der Waals surface area contributed by atoms with Gasteiger partial charge in [-0.1, -0.05) is 36.4 Å². The molecule has 2 aromatic rings. The van der Waals surface area contributed by atoms with Crippen molar-refractivity contribution in [3.8, 4) is 11.5 Å². The van der Waals surface area contributed by atoms with Crippen molar-refractivity contribution in [3.05, 3.63) is 65.2 Å². The summed E-state index contributed by atoms with van der Waals surface area (Å²) in [5.74, 6) is 0.593. The average molecular weight is 395 g/mol. The number of ether oxygens (including phenoxy) is 2. The van der Waals surface area contributed by atoms with Crippen molar-refractivity contribution in [1.29, 1.82) is 0 Å². The molecule has 0 aromatic heterocycles. The Kier molecular flexibility index (Phi) is 6.76. The smallest absolute Gasteiger partial charge is 0.231 e. The van der Waals surface area contributed by atoms with Crippen LogP contribution in [0.3, 0.4) is 0 Å². The Hall–Kier alpha value is -3.45. The second kappa shape index (κ2) is 9.66. The predicted molar refractivity (Wildman–Crippen MR) is 106 cm³/mol. The van der Waals surface area contributed by atoms with Crippen LogP contribution in [0.25, 0.3) is 6.08 Å². The van der Waals surface area contributed by atoms with Gasteiger partial charge in [-0.25, -0.2) is 0 Å². The van der Waals surface area contributed by atoms with Gasteiger partial charge in [0, 0.05) is 24.9 Å². The summed E-state index contributed by atoms with van der Waals surface area (Å²) in [7, 11) is 0. The van der Waals surface area contributed by atoms with Gasteiger partial charge in [0.25, 0.3) is 0 Å². The molecule has 1 amide bonds. The fourth-order valence-corrected chi connectivity index (χ4v) is 2.71. The first-order chi connectivity index (χ1) is 14.0. The number of fused-ring (bicyclic) bond motifs is 1. The number of amides is 1. The minimum absolute atomic E-state index is 0.0887. The minimum atomic E-state index is -0.535. The Bertz CT molecular complexity index is 933. The number of hydrogen-bond donors (Lipinski definition) is 2. The van der Waals surface area contributed by atoms with Crippen molar-refractivity contribution in [2.45, 2.75) is 19.4 Å². The zero-order valence-corrected chi connectivity index (χ0v) is 15.7. The summed E-state index contributed by atoms with van der Waals surface area (Å²) in [5.41, 5.74) is 2.06. The van der Waals surface area contributed by atoms with E-state index in [1.807, 2.05) is 6.07 Å². The molecule has 2 N–H and O–H groups in total. The molecule has 3 rings (SSSR count). The molecule has 0 atom stereocenters. The number of ketones is 2. The van der Waals surface area contributed by atoms with Crippen molar-refractivity contribution in [2.75, 3.05) is 13.4 Å². The standard InChI is InChI=1S/C22H21NO6/c24-13-19(26)17-5-1-16(2-6-17)12-23-22(27)10-8-18(25)7-3-15-4-9-20-21(11-15)29-14-28-20/h1-7,9,11,24H,8,10,12-14H2,(H,23,27)/b7-3+. The summed E-state index contributed by atoms with van der Waals surface area (Å²) < 4.78 is 10.5. The van der Waals surface area contributed by atoms with Crippen LogP contribution in [0, 0.1) is 0 Å². The van der Waals surface area contributed by atoms with Gasteiger partial charge in [-0.05, 0) is 29.3 Å². The van der Waals surface area contributed by atoms with Gasteiger partial charge in [-0.3, -0.25) is 14.4 Å². The first-order valence-electron chi connectivity index (χ1n) is 9.15. The number of aliphatic hydroxyl groups excluding tert-OH is 1. The van der Waals surface area contributed by atoms with Gasteiger partial charge in [-0.2, -0.15) is 0 Å². The maximum atomic E-state index is 12.0. The Balaban J connectivity index is 1.40. The quantitative estimate of drug-likeness (QED) is 0.499. The van der Waals surface area contributed by atoms with Crippen LogP contribution in [0.15, 0.2) is 48.5 Å². The van der Waals surface area contributed by atoms with E-state index in [4.69, 9.17) is 14.6 Å². The highest BCUT2D eigenvalue weighted by atomic mass is 16.7. The lowest BCUT2D eigenvalue weighted by atomic mass is 10.1. The van der Waals surface area contributed by atoms with Gasteiger partial charge in [0.1, 0.15) is 6.61 Å². The summed E-state index contributed by atoms with van der Waals surface area (Å²) in [6.45, 7) is -0.0393. The minimum Gasteiger partial charge on any atom is -0.454 e. The lowest BCUT2D eigenvalue weighted by Gasteiger charge is -2.05. The van der Waals surface area contributed by atoms with Gasteiger partial charge in [0.15, 0.2) is 23.1 Å². The molecule has 0 saturated carbocycles. The summed E-state index contributed by atoms with van der Waals surface area (Å²) in [6.07, 6.45) is 3.32. The van der Waals surface area contributed by atoms with Crippen molar-refractivity contribution >= 4 is 23.5 Å². The fourth-order valence-electron chi connectivity index (χ4n) is 2.71. The maximum Gasteiger partial charge on any atom is 0.231 e. The number of nitrogens with one attached hydrogen (secondary N) is 1. The summed E-state index contributed by atoms with van der Waals surface area (Å²) in [6, 6.07) is 12.0. The second-order valence-corrected chi connectivity index (χ2v) is 6.47. The molecular formula is C22H21NO6. The van der Waals surface area contributed by atoms with Crippen molar-refractivity contribution in [1.82, 2.24) is 5.32 Å². The van der Waals surface area contributed by atoms with Gasteiger partial charge in [-0.15, -0.1) is 0 Å². The zero-order valence-electron chi connectivity index (χ0n) is 15.7. The van der Waals surface area contributed by atoms with Crippen LogP contribution in [-0.2, 0) is 16.1 Å². The molecule has 0 aliphatic carbocycles. The Morgan fingerprint density at radius 1 is 1.00 bits per heavy atom. The third-order valence-corrected chi connectivity index (χ3v) is 4.37. The molecular weight excluding hydrogens is 374 g/mol. The molecule has 0 fully saturated rings. The largest absolute Gasteiger partial charge is 0.454 e. The monoisotopic (exact) mass is 395 g/mol. The molecule has 7 heteroatoms. The summed E-state index contributed by atoms with van der Waals surface area (Å²) in [5, 5.41) is 11.6. The number of rotatable bonds is 9. The first-order valence-corrected chi connectivity index (χ1v) is 9.15. The summed E-state index contributed by atoms with van der Waals surface area (Å²) in [4.78, 5) is 35.3. The van der Waals surface area contributed by atoms with Crippen LogP contribution in [-0.4, -0.2) is 36.0 Å². The number of Topliss-reactive ketones (excluding diaryl/α,β-unsaturated/α-hetero) is 1. The van der Waals surface area contributed by atoms with Crippen molar-refractivity contribution in [3.63, 3.8) is 0 Å². The first kappa shape index (κ1) is 20.3. The molecule has 0 radical (unpaired) electrons. The van der Waals surface area contributed by atoms with E-state index in [1.54, 1.807) is 42.5 Å². The van der Waals surface area contributed by atoms with E-state index in [2.05, 4.69) is 5.32 Å². The average Bonchev–Trinajstić information content (AvgIpc) is 3.22. The van der Waals surface area contributed by atoms with Crippen molar-refractivity contribution in [2.24, 2.45) is 0 Å². The topological polar surface area (TPSA) is 102 Å². The maximum absolute atomic E-state index is 12.0. The lowest BCUT2D eigenvalue weighted by molar-refractivity contribution is -0.124. The Labute approximate surface area is 167 Å². The molecule has 2 aromatic carbocycles. The fraction of sp³-hybridized carbons (Fsp3) is 0.227. The second-order valence-electron chi connectivity index (χ2n) is 6.47. The molecule has 0 bridgehead atoms. The SMILES string of the molecule is O=C(/C=C/c1ccc2c(c1)OCO2)CCC(=O)NCc1ccc(C(=O)CO)cc1. The number of carbonyl (C=O) groups is 3. The lowest BCUT2D eigenvalue weighted by Crippen LogP contribution is -2.23. The summed E-state index contributed by atoms with van der Waals surface area (Å²) >= 11 is 0. The van der Waals surface area contributed by atoms with Crippen LogP contribution in [0.2, 0.25) is 0 Å². The van der Waals surface area contributed by atoms with E-state index in [0.717, 1.165) is 11.1 Å². The van der Waals surface area contributed by atoms with E-state index < -0.39 is 6.61 Å². The molecule has 0 unspecified atom stereocenters. The third-order valence-electron chi connectivity index (χ3n) is 4.37. The Morgan fingerprint density at radius 2 is 1.76 bits per heavy atom. The highest BCUT2D eigenvalue weighted by Crippen LogP contribution is 2.32. The van der Waals surface area contributed by atoms with Crippen LogP contribution in [0.4, 0.5) is 0 Å². The van der Waals surface area contributed by atoms with E-state index in [0.29, 0.717) is 23.6 Å². The molecule has 0 spiro atoms. The van der Waals surface area contributed by atoms with E-state index in [1.165, 1.54) is 6.08 Å². The third kappa shape index (κ3) is 5.76. The number of aliphatic hydroxyl groups is 1. The van der Waals surface area contributed by atoms with Crippen LogP contribution in [0.5, 0.6) is 11.5 Å². The Morgan fingerprint density at radius 3 is 2.52 bits per heavy atom. The zero-order chi connectivity index (χ0) is 20.6. The molecule has 29 heavy (non-hydrogen) atoms.